The first-order valence-electron chi connectivity index (χ1n) is 3.77. The molecular weight excluding hydrogens is 252 g/mol. The molecule has 5 heteroatoms. The van der Waals surface area contributed by atoms with Crippen LogP contribution in [0.5, 0.6) is 0 Å². The van der Waals surface area contributed by atoms with Crippen LogP contribution in [0, 0.1) is 0 Å². The molecule has 1 aromatic rings. The van der Waals surface area contributed by atoms with Crippen LogP contribution in [0.25, 0.3) is 0 Å². The van der Waals surface area contributed by atoms with Crippen LogP contribution in [-0.2, 0) is 11.2 Å². The van der Waals surface area contributed by atoms with E-state index in [0.717, 1.165) is 9.35 Å². The Bertz CT molecular complexity index is 298. The normalized spacial score (nSPS) is 10.5. The van der Waals surface area contributed by atoms with Crippen LogP contribution >= 0.6 is 27.3 Å². The van der Waals surface area contributed by atoms with Gasteiger partial charge in [0, 0.05) is 28.8 Å². The lowest BCUT2D eigenvalue weighted by molar-refractivity contribution is -0.124. The van der Waals surface area contributed by atoms with Gasteiger partial charge in [-0.2, -0.15) is 0 Å². The number of carbonyl (C=O) groups excluding carboxylic acids is 1. The molecule has 0 aromatic carbocycles. The van der Waals surface area contributed by atoms with E-state index >= 15 is 0 Å². The zero-order chi connectivity index (χ0) is 9.84. The summed E-state index contributed by atoms with van der Waals surface area (Å²) in [7, 11) is 3.59. The molecule has 1 heterocycles. The van der Waals surface area contributed by atoms with Crippen molar-refractivity contribution in [3.8, 4) is 0 Å². The minimum Gasteiger partial charge on any atom is -0.289 e. The van der Waals surface area contributed by atoms with E-state index in [1.807, 2.05) is 11.4 Å². The summed E-state index contributed by atoms with van der Waals surface area (Å²) in [6, 6.07) is 1.96. The van der Waals surface area contributed by atoms with E-state index < -0.39 is 0 Å². The maximum absolute atomic E-state index is 11.3. The van der Waals surface area contributed by atoms with Crippen molar-refractivity contribution in [2.45, 2.75) is 6.42 Å². The predicted molar refractivity (Wildman–Crippen MR) is 57.6 cm³/mol. The van der Waals surface area contributed by atoms with Crippen molar-refractivity contribution < 1.29 is 4.79 Å². The summed E-state index contributed by atoms with van der Waals surface area (Å²) in [5.41, 5.74) is 2.69. The Balaban J connectivity index is 2.45. The first-order chi connectivity index (χ1) is 6.08. The molecule has 0 spiro atoms. The quantitative estimate of drug-likeness (QED) is 0.841. The summed E-state index contributed by atoms with van der Waals surface area (Å²) in [6.07, 6.45) is 0.439. The topological polar surface area (TPSA) is 32.3 Å². The summed E-state index contributed by atoms with van der Waals surface area (Å²) >= 11 is 4.92. The molecule has 0 aliphatic heterocycles. The number of rotatable bonds is 3. The van der Waals surface area contributed by atoms with E-state index in [-0.39, 0.29) is 5.91 Å². The third kappa shape index (κ3) is 3.89. The molecule has 0 fully saturated rings. The van der Waals surface area contributed by atoms with Gasteiger partial charge >= 0.3 is 0 Å². The number of hydrazine groups is 1. The number of thiophene rings is 1. The van der Waals surface area contributed by atoms with Crippen molar-refractivity contribution in [3.63, 3.8) is 0 Å². The lowest BCUT2D eigenvalue weighted by atomic mass is 10.3. The third-order valence-electron chi connectivity index (χ3n) is 1.30. The second-order valence-electron chi connectivity index (χ2n) is 2.84. The van der Waals surface area contributed by atoms with Crippen molar-refractivity contribution in [2.75, 3.05) is 14.1 Å². The predicted octanol–water partition coefficient (Wildman–Crippen LogP) is 1.65. The molecule has 13 heavy (non-hydrogen) atoms. The average Bonchev–Trinajstić information content (AvgIpc) is 2.33. The molecule has 1 aromatic heterocycles. The molecule has 0 bridgehead atoms. The summed E-state index contributed by atoms with van der Waals surface area (Å²) in [5, 5.41) is 3.61. The summed E-state index contributed by atoms with van der Waals surface area (Å²) in [5.74, 6) is 0.0133. The molecule has 3 nitrogen and oxygen atoms in total. The molecule has 1 amide bonds. The molecule has 0 atom stereocenters. The molecule has 0 unspecified atom stereocenters. The Labute approximate surface area is 89.8 Å². The van der Waals surface area contributed by atoms with Crippen LogP contribution in [0.1, 0.15) is 4.88 Å². The van der Waals surface area contributed by atoms with Gasteiger partial charge in [-0.3, -0.25) is 10.2 Å². The average molecular weight is 263 g/mol. The Morgan fingerprint density at radius 1 is 1.69 bits per heavy atom. The van der Waals surface area contributed by atoms with Gasteiger partial charge in [0.05, 0.1) is 6.42 Å². The monoisotopic (exact) mass is 262 g/mol. The van der Waals surface area contributed by atoms with Crippen molar-refractivity contribution in [1.82, 2.24) is 10.4 Å². The van der Waals surface area contributed by atoms with E-state index in [2.05, 4.69) is 21.4 Å². The van der Waals surface area contributed by atoms with E-state index in [0.29, 0.717) is 6.42 Å². The Morgan fingerprint density at radius 2 is 2.38 bits per heavy atom. The van der Waals surface area contributed by atoms with E-state index in [1.54, 1.807) is 30.4 Å². The highest BCUT2D eigenvalue weighted by Crippen LogP contribution is 2.19. The summed E-state index contributed by atoms with van der Waals surface area (Å²) < 4.78 is 1.03. The van der Waals surface area contributed by atoms with Crippen molar-refractivity contribution in [3.05, 3.63) is 20.8 Å². The molecule has 0 radical (unpaired) electrons. The molecule has 0 aliphatic rings. The van der Waals surface area contributed by atoms with Crippen LogP contribution in [-0.4, -0.2) is 25.0 Å². The van der Waals surface area contributed by atoms with Crippen molar-refractivity contribution in [2.24, 2.45) is 0 Å². The molecule has 0 saturated heterocycles. The molecular formula is C8H11BrN2OS. The largest absolute Gasteiger partial charge is 0.289 e. The fourth-order valence-electron chi connectivity index (χ4n) is 0.894. The van der Waals surface area contributed by atoms with E-state index in [1.165, 1.54) is 0 Å². The molecule has 0 saturated carbocycles. The number of hydrogen-bond donors (Lipinski definition) is 1. The van der Waals surface area contributed by atoms with Gasteiger partial charge in [0.2, 0.25) is 5.91 Å². The number of nitrogens with one attached hydrogen (secondary N) is 1. The molecule has 0 aliphatic carbocycles. The number of carbonyl (C=O) groups is 1. The Hall–Kier alpha value is -0.390. The van der Waals surface area contributed by atoms with Crippen LogP contribution in [0.2, 0.25) is 0 Å². The molecule has 1 rings (SSSR count). The van der Waals surface area contributed by atoms with Crippen LogP contribution in [0.4, 0.5) is 0 Å². The van der Waals surface area contributed by atoms with Gasteiger partial charge in [0.15, 0.2) is 0 Å². The van der Waals surface area contributed by atoms with Crippen LogP contribution < -0.4 is 5.43 Å². The number of hydrogen-bond acceptors (Lipinski definition) is 3. The van der Waals surface area contributed by atoms with Crippen molar-refractivity contribution >= 4 is 33.2 Å². The van der Waals surface area contributed by atoms with E-state index in [4.69, 9.17) is 0 Å². The fraction of sp³-hybridized carbons (Fsp3) is 0.375. The van der Waals surface area contributed by atoms with Gasteiger partial charge in [0.1, 0.15) is 0 Å². The van der Waals surface area contributed by atoms with Gasteiger partial charge in [-0.15, -0.1) is 11.3 Å². The highest BCUT2D eigenvalue weighted by atomic mass is 79.9. The highest BCUT2D eigenvalue weighted by molar-refractivity contribution is 9.10. The minimum absolute atomic E-state index is 0.0133. The molecule has 1 N–H and O–H groups in total. The minimum atomic E-state index is 0.0133. The zero-order valence-corrected chi connectivity index (χ0v) is 9.91. The second-order valence-corrected chi connectivity index (χ2v) is 4.75. The number of halogens is 1. The third-order valence-corrected chi connectivity index (χ3v) is 3.00. The van der Waals surface area contributed by atoms with Gasteiger partial charge in [-0.1, -0.05) is 0 Å². The Kier molecular flexibility index (Phi) is 3.90. The Morgan fingerprint density at radius 3 is 2.85 bits per heavy atom. The van der Waals surface area contributed by atoms with E-state index in [9.17, 15) is 4.79 Å². The lowest BCUT2D eigenvalue weighted by Gasteiger charge is -2.10. The SMILES string of the molecule is CN(C)NC(=O)Cc1cc(Br)cs1. The van der Waals surface area contributed by atoms with Gasteiger partial charge < -0.3 is 0 Å². The first-order valence-corrected chi connectivity index (χ1v) is 5.45. The number of nitrogens with zero attached hydrogens (tertiary/aromatic N) is 1. The lowest BCUT2D eigenvalue weighted by Crippen LogP contribution is -2.36. The number of amides is 1. The van der Waals surface area contributed by atoms with Gasteiger partial charge in [-0.25, -0.2) is 5.01 Å². The maximum Gasteiger partial charge on any atom is 0.239 e. The summed E-state index contributed by atoms with van der Waals surface area (Å²) in [4.78, 5) is 12.3. The van der Waals surface area contributed by atoms with Crippen molar-refractivity contribution in [1.29, 1.82) is 0 Å². The van der Waals surface area contributed by atoms with Gasteiger partial charge in [-0.05, 0) is 22.0 Å². The standard InChI is InChI=1S/C8H11BrN2OS/c1-11(2)10-8(12)4-7-3-6(9)5-13-7/h3,5H,4H2,1-2H3,(H,10,12). The second kappa shape index (κ2) is 4.74. The molecule has 72 valence electrons. The smallest absolute Gasteiger partial charge is 0.239 e. The summed E-state index contributed by atoms with van der Waals surface area (Å²) in [6.45, 7) is 0. The van der Waals surface area contributed by atoms with Gasteiger partial charge in [0.25, 0.3) is 0 Å². The fourth-order valence-corrected chi connectivity index (χ4v) is 2.34. The first kappa shape index (κ1) is 10.7. The highest BCUT2D eigenvalue weighted by Gasteiger charge is 2.05. The maximum atomic E-state index is 11.3. The van der Waals surface area contributed by atoms with Crippen LogP contribution in [0.3, 0.4) is 0 Å². The van der Waals surface area contributed by atoms with Crippen LogP contribution in [0.15, 0.2) is 15.9 Å². The zero-order valence-electron chi connectivity index (χ0n) is 7.50.